The Morgan fingerprint density at radius 2 is 2.15 bits per heavy atom. The number of aromatic amines is 1. The van der Waals surface area contributed by atoms with Crippen LogP contribution in [0.4, 0.5) is 5.13 Å². The lowest BCUT2D eigenvalue weighted by Gasteiger charge is -1.98. The summed E-state index contributed by atoms with van der Waals surface area (Å²) in [6.45, 7) is 4.17. The van der Waals surface area contributed by atoms with Gasteiger partial charge in [-0.3, -0.25) is 10.1 Å². The van der Waals surface area contributed by atoms with Gasteiger partial charge in [0.15, 0.2) is 5.13 Å². The molecule has 0 saturated carbocycles. The molecule has 3 aromatic rings. The highest BCUT2D eigenvalue weighted by atomic mass is 32.1. The molecule has 0 aromatic carbocycles. The van der Waals surface area contributed by atoms with Gasteiger partial charge in [0.05, 0.1) is 17.7 Å². The van der Waals surface area contributed by atoms with Crippen molar-refractivity contribution in [3.63, 3.8) is 0 Å². The number of amides is 1. The minimum Gasteiger partial charge on any atom is -0.464 e. The number of esters is 1. The van der Waals surface area contributed by atoms with Crippen molar-refractivity contribution in [3.05, 3.63) is 44.7 Å². The van der Waals surface area contributed by atoms with Gasteiger partial charge >= 0.3 is 5.97 Å². The molecule has 2 N–H and O–H groups in total. The van der Waals surface area contributed by atoms with Crippen molar-refractivity contribution in [3.8, 4) is 11.3 Å². The standard InChI is InChI=1S/C18H19N3O3S2/c1-4-5-11-7-15(26-10(11)2)16(22)21-18-20-14(9-25-18)12-6-13(19-8-12)17(23)24-3/h6-9,19H,4-5H2,1-3H3,(H,20,21,22). The van der Waals surface area contributed by atoms with Crippen LogP contribution in [0.5, 0.6) is 0 Å². The normalized spacial score (nSPS) is 10.7. The predicted octanol–water partition coefficient (Wildman–Crippen LogP) is 4.50. The topological polar surface area (TPSA) is 84.1 Å². The fourth-order valence-corrected chi connectivity index (χ4v) is 4.22. The zero-order chi connectivity index (χ0) is 18.7. The summed E-state index contributed by atoms with van der Waals surface area (Å²) in [5.74, 6) is -0.582. The Hall–Kier alpha value is -2.45. The molecule has 0 radical (unpaired) electrons. The van der Waals surface area contributed by atoms with Crippen molar-refractivity contribution in [2.45, 2.75) is 26.7 Å². The number of nitrogens with one attached hydrogen (secondary N) is 2. The van der Waals surface area contributed by atoms with E-state index < -0.39 is 5.97 Å². The first-order chi connectivity index (χ1) is 12.5. The molecular formula is C18H19N3O3S2. The number of carbonyl (C=O) groups is 2. The van der Waals surface area contributed by atoms with Crippen molar-refractivity contribution >= 4 is 39.7 Å². The molecule has 0 spiro atoms. The Morgan fingerprint density at radius 3 is 2.88 bits per heavy atom. The average molecular weight is 390 g/mol. The molecule has 6 nitrogen and oxygen atoms in total. The van der Waals surface area contributed by atoms with E-state index in [2.05, 4.69) is 26.9 Å². The van der Waals surface area contributed by atoms with Gasteiger partial charge in [-0.25, -0.2) is 9.78 Å². The van der Waals surface area contributed by atoms with Crippen LogP contribution in [0.2, 0.25) is 0 Å². The summed E-state index contributed by atoms with van der Waals surface area (Å²) in [5, 5.41) is 5.21. The van der Waals surface area contributed by atoms with Crippen LogP contribution in [0, 0.1) is 6.92 Å². The van der Waals surface area contributed by atoms with Gasteiger partial charge in [-0.15, -0.1) is 22.7 Å². The van der Waals surface area contributed by atoms with Gasteiger partial charge < -0.3 is 9.72 Å². The highest BCUT2D eigenvalue weighted by molar-refractivity contribution is 7.15. The lowest BCUT2D eigenvalue weighted by Crippen LogP contribution is -2.09. The second kappa shape index (κ2) is 7.84. The number of aryl methyl sites for hydroxylation is 2. The van der Waals surface area contributed by atoms with Crippen LogP contribution >= 0.6 is 22.7 Å². The smallest absolute Gasteiger partial charge is 0.354 e. The highest BCUT2D eigenvalue weighted by Crippen LogP contribution is 2.28. The molecule has 0 aliphatic rings. The Labute approximate surface area is 159 Å². The summed E-state index contributed by atoms with van der Waals surface area (Å²) in [4.78, 5) is 33.1. The van der Waals surface area contributed by atoms with Gasteiger partial charge in [0.25, 0.3) is 5.91 Å². The minimum atomic E-state index is -0.434. The molecule has 1 amide bonds. The average Bonchev–Trinajstić information content (AvgIpc) is 3.35. The largest absolute Gasteiger partial charge is 0.464 e. The summed E-state index contributed by atoms with van der Waals surface area (Å²) in [6.07, 6.45) is 3.72. The van der Waals surface area contributed by atoms with E-state index in [9.17, 15) is 9.59 Å². The quantitative estimate of drug-likeness (QED) is 0.608. The minimum absolute atomic E-state index is 0.148. The number of carbonyl (C=O) groups excluding carboxylic acids is 2. The van der Waals surface area contributed by atoms with E-state index in [4.69, 9.17) is 0 Å². The molecule has 0 bridgehead atoms. The number of aromatic nitrogens is 2. The third-order valence-electron chi connectivity index (χ3n) is 3.87. The number of thiazole rings is 1. The van der Waals surface area contributed by atoms with Crippen LogP contribution in [-0.4, -0.2) is 29.0 Å². The summed E-state index contributed by atoms with van der Waals surface area (Å²) in [7, 11) is 1.33. The molecular weight excluding hydrogens is 370 g/mol. The summed E-state index contributed by atoms with van der Waals surface area (Å²) in [6, 6.07) is 3.63. The third kappa shape index (κ3) is 3.86. The maximum Gasteiger partial charge on any atom is 0.354 e. The predicted molar refractivity (Wildman–Crippen MR) is 104 cm³/mol. The molecule has 0 fully saturated rings. The number of H-pyrrole nitrogens is 1. The van der Waals surface area contributed by atoms with Crippen LogP contribution in [0.25, 0.3) is 11.3 Å². The fraction of sp³-hybridized carbons (Fsp3) is 0.278. The number of anilines is 1. The Balaban J connectivity index is 1.72. The molecule has 0 atom stereocenters. The number of hydrogen-bond donors (Lipinski definition) is 2. The first-order valence-electron chi connectivity index (χ1n) is 8.15. The number of methoxy groups -OCH3 is 1. The van der Waals surface area contributed by atoms with Crippen LogP contribution in [-0.2, 0) is 11.2 Å². The number of thiophene rings is 1. The van der Waals surface area contributed by atoms with Crippen molar-refractivity contribution in [1.29, 1.82) is 0 Å². The Morgan fingerprint density at radius 1 is 1.35 bits per heavy atom. The van der Waals surface area contributed by atoms with Gasteiger partial charge in [-0.2, -0.15) is 0 Å². The SMILES string of the molecule is CCCc1cc(C(=O)Nc2nc(-c3c[nH]c(C(=O)OC)c3)cs2)sc1C. The zero-order valence-corrected chi connectivity index (χ0v) is 16.3. The third-order valence-corrected chi connectivity index (χ3v) is 5.72. The zero-order valence-electron chi connectivity index (χ0n) is 14.7. The van der Waals surface area contributed by atoms with Gasteiger partial charge in [0.2, 0.25) is 0 Å². The molecule has 3 aromatic heterocycles. The molecule has 3 rings (SSSR count). The Kier molecular flexibility index (Phi) is 5.53. The molecule has 0 aliphatic heterocycles. The van der Waals surface area contributed by atoms with Crippen molar-refractivity contribution in [2.75, 3.05) is 12.4 Å². The molecule has 136 valence electrons. The van der Waals surface area contributed by atoms with E-state index in [1.165, 1.54) is 40.2 Å². The second-order valence-electron chi connectivity index (χ2n) is 5.73. The lowest BCUT2D eigenvalue weighted by atomic mass is 10.1. The van der Waals surface area contributed by atoms with Crippen LogP contribution < -0.4 is 5.32 Å². The van der Waals surface area contributed by atoms with Crippen LogP contribution in [0.3, 0.4) is 0 Å². The maximum absolute atomic E-state index is 12.5. The fourth-order valence-electron chi connectivity index (χ4n) is 2.54. The van der Waals surface area contributed by atoms with E-state index in [1.54, 1.807) is 12.3 Å². The monoisotopic (exact) mass is 389 g/mol. The van der Waals surface area contributed by atoms with Crippen LogP contribution in [0.1, 0.15) is 43.9 Å². The summed E-state index contributed by atoms with van der Waals surface area (Å²) < 4.78 is 4.68. The van der Waals surface area contributed by atoms with Crippen molar-refractivity contribution < 1.29 is 14.3 Å². The first-order valence-corrected chi connectivity index (χ1v) is 9.84. The summed E-state index contributed by atoms with van der Waals surface area (Å²) >= 11 is 2.85. The molecule has 0 unspecified atom stereocenters. The van der Waals surface area contributed by atoms with Gasteiger partial charge in [0.1, 0.15) is 5.69 Å². The first kappa shape index (κ1) is 18.3. The number of rotatable bonds is 6. The Bertz CT molecular complexity index is 939. The van der Waals surface area contributed by atoms with E-state index in [0.717, 1.165) is 18.4 Å². The van der Waals surface area contributed by atoms with Crippen molar-refractivity contribution in [2.24, 2.45) is 0 Å². The molecule has 3 heterocycles. The van der Waals surface area contributed by atoms with E-state index in [1.807, 2.05) is 18.4 Å². The summed E-state index contributed by atoms with van der Waals surface area (Å²) in [5.41, 5.74) is 3.04. The van der Waals surface area contributed by atoms with Gasteiger partial charge in [0, 0.05) is 22.0 Å². The molecule has 26 heavy (non-hydrogen) atoms. The highest BCUT2D eigenvalue weighted by Gasteiger charge is 2.15. The van der Waals surface area contributed by atoms with E-state index >= 15 is 0 Å². The molecule has 0 aliphatic carbocycles. The number of ether oxygens (including phenoxy) is 1. The molecule has 8 heteroatoms. The van der Waals surface area contributed by atoms with E-state index in [0.29, 0.717) is 21.4 Å². The maximum atomic E-state index is 12.5. The van der Waals surface area contributed by atoms with Gasteiger partial charge in [-0.05, 0) is 31.0 Å². The molecule has 0 saturated heterocycles. The lowest BCUT2D eigenvalue weighted by molar-refractivity contribution is 0.0594. The number of nitrogens with zero attached hydrogens (tertiary/aromatic N) is 1. The second-order valence-corrected chi connectivity index (χ2v) is 7.84. The van der Waals surface area contributed by atoms with Gasteiger partial charge in [-0.1, -0.05) is 13.3 Å². The van der Waals surface area contributed by atoms with Crippen LogP contribution in [0.15, 0.2) is 23.7 Å². The number of hydrogen-bond acceptors (Lipinski definition) is 6. The van der Waals surface area contributed by atoms with Crippen molar-refractivity contribution in [1.82, 2.24) is 9.97 Å². The van der Waals surface area contributed by atoms with E-state index in [-0.39, 0.29) is 5.91 Å².